The minimum Gasteiger partial charge on any atom is -0.392 e. The molecule has 17 heavy (non-hydrogen) atoms. The van der Waals surface area contributed by atoms with Crippen molar-refractivity contribution in [1.29, 1.82) is 0 Å². The van der Waals surface area contributed by atoms with Gasteiger partial charge >= 0.3 is 0 Å². The lowest BCUT2D eigenvalue weighted by molar-refractivity contribution is -0.0410. The molecule has 2 aliphatic heterocycles. The van der Waals surface area contributed by atoms with E-state index in [4.69, 9.17) is 9.84 Å². The first-order valence-electron chi connectivity index (χ1n) is 6.40. The zero-order chi connectivity index (χ0) is 11.7. The smallest absolute Gasteiger partial charge is 0.0707 e. The standard InChI is InChI=1S/C14H19NO2/c16-10-12-3-1-11(2-4-12)7-15-8-13-5-6-14(9-15)17-13/h1-4,13-14,16H,5-10H2. The molecule has 1 N–H and O–H groups in total. The molecule has 2 heterocycles. The van der Waals surface area contributed by atoms with Crippen LogP contribution in [0.25, 0.3) is 0 Å². The summed E-state index contributed by atoms with van der Waals surface area (Å²) < 4.78 is 5.83. The SMILES string of the molecule is OCc1ccc(CN2CC3CCC(C2)O3)cc1. The van der Waals surface area contributed by atoms with Gasteiger partial charge in [0.2, 0.25) is 0 Å². The number of rotatable bonds is 3. The Morgan fingerprint density at radius 1 is 1.06 bits per heavy atom. The molecule has 2 aliphatic rings. The highest BCUT2D eigenvalue weighted by Crippen LogP contribution is 2.27. The lowest BCUT2D eigenvalue weighted by atomic mass is 10.1. The third-order valence-corrected chi connectivity index (χ3v) is 3.73. The van der Waals surface area contributed by atoms with Gasteiger partial charge < -0.3 is 9.84 Å². The minimum atomic E-state index is 0.127. The molecule has 2 saturated heterocycles. The van der Waals surface area contributed by atoms with E-state index in [-0.39, 0.29) is 6.61 Å². The lowest BCUT2D eigenvalue weighted by Crippen LogP contribution is -2.41. The zero-order valence-corrected chi connectivity index (χ0v) is 10.0. The van der Waals surface area contributed by atoms with Crippen LogP contribution in [-0.4, -0.2) is 35.3 Å². The third kappa shape index (κ3) is 2.51. The Hall–Kier alpha value is -0.900. The van der Waals surface area contributed by atoms with Gasteiger partial charge in [-0.2, -0.15) is 0 Å². The van der Waals surface area contributed by atoms with Crippen LogP contribution in [0, 0.1) is 0 Å². The molecule has 2 bridgehead atoms. The van der Waals surface area contributed by atoms with Gasteiger partial charge in [-0.25, -0.2) is 0 Å². The monoisotopic (exact) mass is 233 g/mol. The lowest BCUT2D eigenvalue weighted by Gasteiger charge is -2.32. The predicted molar refractivity (Wildman–Crippen MR) is 65.5 cm³/mol. The second-order valence-corrected chi connectivity index (χ2v) is 5.13. The van der Waals surface area contributed by atoms with Gasteiger partial charge in [-0.1, -0.05) is 24.3 Å². The summed E-state index contributed by atoms with van der Waals surface area (Å²) in [6.07, 6.45) is 3.38. The van der Waals surface area contributed by atoms with Crippen LogP contribution < -0.4 is 0 Å². The van der Waals surface area contributed by atoms with Crippen LogP contribution in [0.2, 0.25) is 0 Å². The number of aliphatic hydroxyl groups excluding tert-OH is 1. The van der Waals surface area contributed by atoms with Gasteiger partial charge in [0.05, 0.1) is 18.8 Å². The highest BCUT2D eigenvalue weighted by molar-refractivity contribution is 5.22. The molecule has 92 valence electrons. The first-order valence-corrected chi connectivity index (χ1v) is 6.40. The molecule has 0 amide bonds. The molecule has 0 radical (unpaired) electrons. The maximum absolute atomic E-state index is 9.00. The summed E-state index contributed by atoms with van der Waals surface area (Å²) in [5.41, 5.74) is 2.30. The van der Waals surface area contributed by atoms with Gasteiger partial charge in [0.1, 0.15) is 0 Å². The van der Waals surface area contributed by atoms with E-state index in [0.717, 1.165) is 25.2 Å². The molecule has 0 spiro atoms. The molecule has 2 fully saturated rings. The average molecular weight is 233 g/mol. The van der Waals surface area contributed by atoms with E-state index < -0.39 is 0 Å². The second kappa shape index (κ2) is 4.77. The van der Waals surface area contributed by atoms with Crippen LogP contribution in [-0.2, 0) is 17.9 Å². The first-order chi connectivity index (χ1) is 8.33. The Balaban J connectivity index is 1.62. The molecule has 2 atom stereocenters. The fourth-order valence-corrected chi connectivity index (χ4v) is 2.84. The van der Waals surface area contributed by atoms with Crippen molar-refractivity contribution in [2.24, 2.45) is 0 Å². The number of hydrogen-bond donors (Lipinski definition) is 1. The molecule has 0 aliphatic carbocycles. The molecule has 3 nitrogen and oxygen atoms in total. The van der Waals surface area contributed by atoms with E-state index in [1.165, 1.54) is 18.4 Å². The summed E-state index contributed by atoms with van der Waals surface area (Å²) in [4.78, 5) is 2.49. The van der Waals surface area contributed by atoms with E-state index in [9.17, 15) is 0 Å². The van der Waals surface area contributed by atoms with Crippen molar-refractivity contribution in [3.8, 4) is 0 Å². The molecule has 3 heteroatoms. The van der Waals surface area contributed by atoms with Crippen molar-refractivity contribution >= 4 is 0 Å². The van der Waals surface area contributed by atoms with Crippen LogP contribution in [0.1, 0.15) is 24.0 Å². The highest BCUT2D eigenvalue weighted by atomic mass is 16.5. The number of likely N-dealkylation sites (tertiary alicyclic amines) is 1. The fraction of sp³-hybridized carbons (Fsp3) is 0.571. The summed E-state index contributed by atoms with van der Waals surface area (Å²) in [6, 6.07) is 8.24. The van der Waals surface area contributed by atoms with Crippen LogP contribution in [0.15, 0.2) is 24.3 Å². The van der Waals surface area contributed by atoms with Gasteiger partial charge in [-0.05, 0) is 24.0 Å². The largest absolute Gasteiger partial charge is 0.392 e. The van der Waals surface area contributed by atoms with E-state index in [0.29, 0.717) is 12.2 Å². The maximum Gasteiger partial charge on any atom is 0.0707 e. The van der Waals surface area contributed by atoms with Crippen molar-refractivity contribution in [2.45, 2.75) is 38.2 Å². The van der Waals surface area contributed by atoms with Crippen LogP contribution in [0.4, 0.5) is 0 Å². The van der Waals surface area contributed by atoms with Gasteiger partial charge in [0.25, 0.3) is 0 Å². The number of fused-ring (bicyclic) bond motifs is 2. The van der Waals surface area contributed by atoms with Gasteiger partial charge in [-0.15, -0.1) is 0 Å². The van der Waals surface area contributed by atoms with Gasteiger partial charge in [-0.3, -0.25) is 4.90 Å². The van der Waals surface area contributed by atoms with E-state index in [2.05, 4.69) is 17.0 Å². The third-order valence-electron chi connectivity index (χ3n) is 3.73. The Kier molecular flexibility index (Phi) is 3.14. The number of morpholine rings is 1. The summed E-state index contributed by atoms with van der Waals surface area (Å²) in [5, 5.41) is 9.00. The summed E-state index contributed by atoms with van der Waals surface area (Å²) >= 11 is 0. The Morgan fingerprint density at radius 3 is 2.24 bits per heavy atom. The Morgan fingerprint density at radius 2 is 1.65 bits per heavy atom. The minimum absolute atomic E-state index is 0.127. The maximum atomic E-state index is 9.00. The topological polar surface area (TPSA) is 32.7 Å². The molecular formula is C14H19NO2. The second-order valence-electron chi connectivity index (χ2n) is 5.13. The number of hydrogen-bond acceptors (Lipinski definition) is 3. The van der Waals surface area contributed by atoms with E-state index in [1.807, 2.05) is 12.1 Å². The van der Waals surface area contributed by atoms with Gasteiger partial charge in [0, 0.05) is 19.6 Å². The zero-order valence-electron chi connectivity index (χ0n) is 10.0. The van der Waals surface area contributed by atoms with Gasteiger partial charge in [0.15, 0.2) is 0 Å². The Bertz CT molecular complexity index is 364. The average Bonchev–Trinajstić information content (AvgIpc) is 2.70. The molecule has 1 aromatic rings. The van der Waals surface area contributed by atoms with Crippen molar-refractivity contribution in [3.63, 3.8) is 0 Å². The first kappa shape index (κ1) is 11.2. The fourth-order valence-electron chi connectivity index (χ4n) is 2.84. The van der Waals surface area contributed by atoms with Crippen molar-refractivity contribution in [3.05, 3.63) is 35.4 Å². The van der Waals surface area contributed by atoms with Crippen LogP contribution in [0.5, 0.6) is 0 Å². The number of benzene rings is 1. The summed E-state index contributed by atoms with van der Waals surface area (Å²) in [7, 11) is 0. The van der Waals surface area contributed by atoms with E-state index >= 15 is 0 Å². The quantitative estimate of drug-likeness (QED) is 0.859. The van der Waals surface area contributed by atoms with E-state index in [1.54, 1.807) is 0 Å². The van der Waals surface area contributed by atoms with Crippen molar-refractivity contribution < 1.29 is 9.84 Å². The van der Waals surface area contributed by atoms with Crippen molar-refractivity contribution in [1.82, 2.24) is 4.90 Å². The van der Waals surface area contributed by atoms with Crippen LogP contribution >= 0.6 is 0 Å². The highest BCUT2D eigenvalue weighted by Gasteiger charge is 2.33. The molecular weight excluding hydrogens is 214 g/mol. The number of aliphatic hydroxyl groups is 1. The summed E-state index contributed by atoms with van der Waals surface area (Å²) in [5.74, 6) is 0. The predicted octanol–water partition coefficient (Wildman–Crippen LogP) is 1.54. The number of nitrogens with zero attached hydrogens (tertiary/aromatic N) is 1. The Labute approximate surface area is 102 Å². The molecule has 0 saturated carbocycles. The van der Waals surface area contributed by atoms with Crippen molar-refractivity contribution in [2.75, 3.05) is 13.1 Å². The molecule has 0 aromatic heterocycles. The number of ether oxygens (including phenoxy) is 1. The van der Waals surface area contributed by atoms with Crippen LogP contribution in [0.3, 0.4) is 0 Å². The normalized spacial score (nSPS) is 28.5. The molecule has 2 unspecified atom stereocenters. The summed E-state index contributed by atoms with van der Waals surface area (Å²) in [6.45, 7) is 3.26. The molecule has 3 rings (SSSR count). The molecule has 1 aromatic carbocycles.